The maximum atomic E-state index is 3.59. The summed E-state index contributed by atoms with van der Waals surface area (Å²) < 4.78 is 0. The van der Waals surface area contributed by atoms with Gasteiger partial charge in [-0.15, -0.1) is 0 Å². The van der Waals surface area contributed by atoms with Crippen molar-refractivity contribution in [3.05, 3.63) is 29.3 Å². The van der Waals surface area contributed by atoms with Crippen LogP contribution in [0.25, 0.3) is 0 Å². The Balaban J connectivity index is 1.88. The van der Waals surface area contributed by atoms with Gasteiger partial charge in [0.1, 0.15) is 0 Å². The zero-order chi connectivity index (χ0) is 12.3. The minimum absolute atomic E-state index is 0.801. The lowest BCUT2D eigenvalue weighted by Crippen LogP contribution is -2.35. The van der Waals surface area contributed by atoms with E-state index in [0.29, 0.717) is 0 Å². The van der Waals surface area contributed by atoms with Gasteiger partial charge in [-0.2, -0.15) is 0 Å². The maximum absolute atomic E-state index is 3.59. The molecule has 1 unspecified atom stereocenters. The summed E-state index contributed by atoms with van der Waals surface area (Å²) in [5.74, 6) is 0.801. The van der Waals surface area contributed by atoms with Crippen molar-refractivity contribution >= 4 is 5.69 Å². The number of benzene rings is 1. The Morgan fingerprint density at radius 2 is 1.94 bits per heavy atom. The van der Waals surface area contributed by atoms with Crippen LogP contribution in [0, 0.1) is 19.8 Å². The van der Waals surface area contributed by atoms with Gasteiger partial charge >= 0.3 is 0 Å². The average molecular weight is 232 g/mol. The molecule has 0 radical (unpaired) electrons. The monoisotopic (exact) mass is 232 g/mol. The topological polar surface area (TPSA) is 15.3 Å². The number of piperidine rings is 1. The van der Waals surface area contributed by atoms with Crippen LogP contribution in [0.2, 0.25) is 0 Å². The Kier molecular flexibility index (Phi) is 4.06. The number of nitrogens with zero attached hydrogens (tertiary/aromatic N) is 1. The predicted molar refractivity (Wildman–Crippen MR) is 74.6 cm³/mol. The molecular formula is C15H24N2. The van der Waals surface area contributed by atoms with E-state index in [4.69, 9.17) is 0 Å². The summed E-state index contributed by atoms with van der Waals surface area (Å²) in [6.07, 6.45) is 2.71. The van der Waals surface area contributed by atoms with Gasteiger partial charge in [-0.1, -0.05) is 6.07 Å². The Hall–Kier alpha value is -1.02. The van der Waals surface area contributed by atoms with Crippen LogP contribution in [0.5, 0.6) is 0 Å². The molecule has 94 valence electrons. The molecular weight excluding hydrogens is 208 g/mol. The summed E-state index contributed by atoms with van der Waals surface area (Å²) in [5, 5.41) is 3.59. The van der Waals surface area contributed by atoms with Gasteiger partial charge in [0, 0.05) is 18.8 Å². The lowest BCUT2D eigenvalue weighted by Gasteiger charge is -2.30. The molecule has 17 heavy (non-hydrogen) atoms. The van der Waals surface area contributed by atoms with Crippen molar-refractivity contribution in [2.24, 2.45) is 5.92 Å². The quantitative estimate of drug-likeness (QED) is 0.861. The fourth-order valence-corrected chi connectivity index (χ4v) is 2.78. The standard InChI is InChI=1S/C15H24N2/c1-12-7-13(2)9-15(8-12)16-10-14-5-4-6-17(3)11-14/h7-9,14,16H,4-6,10-11H2,1-3H3. The molecule has 1 aromatic rings. The first-order chi connectivity index (χ1) is 8.13. The minimum Gasteiger partial charge on any atom is -0.385 e. The van der Waals surface area contributed by atoms with Crippen LogP contribution in [-0.4, -0.2) is 31.6 Å². The molecule has 0 amide bonds. The van der Waals surface area contributed by atoms with Gasteiger partial charge in [-0.3, -0.25) is 0 Å². The van der Waals surface area contributed by atoms with E-state index < -0.39 is 0 Å². The van der Waals surface area contributed by atoms with E-state index in [0.717, 1.165) is 12.5 Å². The molecule has 1 aliphatic rings. The minimum atomic E-state index is 0.801. The number of aryl methyl sites for hydroxylation is 2. The van der Waals surface area contributed by atoms with Crippen LogP contribution in [0.15, 0.2) is 18.2 Å². The van der Waals surface area contributed by atoms with Crippen molar-refractivity contribution in [3.63, 3.8) is 0 Å². The average Bonchev–Trinajstić information content (AvgIpc) is 2.25. The molecule has 0 aromatic heterocycles. The first-order valence-corrected chi connectivity index (χ1v) is 6.64. The van der Waals surface area contributed by atoms with E-state index in [9.17, 15) is 0 Å². The summed E-state index contributed by atoms with van der Waals surface area (Å²) in [7, 11) is 2.23. The molecule has 1 aromatic carbocycles. The third-order valence-corrected chi connectivity index (χ3v) is 3.54. The smallest absolute Gasteiger partial charge is 0.0345 e. The highest BCUT2D eigenvalue weighted by Gasteiger charge is 2.16. The fraction of sp³-hybridized carbons (Fsp3) is 0.600. The first kappa shape index (κ1) is 12.4. The van der Waals surface area contributed by atoms with Crippen molar-refractivity contribution in [3.8, 4) is 0 Å². The Morgan fingerprint density at radius 1 is 1.24 bits per heavy atom. The molecule has 2 heteroatoms. The predicted octanol–water partition coefficient (Wildman–Crippen LogP) is 3.06. The van der Waals surface area contributed by atoms with Crippen molar-refractivity contribution in [2.45, 2.75) is 26.7 Å². The molecule has 0 aliphatic carbocycles. The van der Waals surface area contributed by atoms with E-state index in [2.05, 4.69) is 49.3 Å². The highest BCUT2D eigenvalue weighted by molar-refractivity contribution is 5.48. The van der Waals surface area contributed by atoms with E-state index in [1.54, 1.807) is 0 Å². The lowest BCUT2D eigenvalue weighted by molar-refractivity contribution is 0.217. The first-order valence-electron chi connectivity index (χ1n) is 6.64. The summed E-state index contributed by atoms with van der Waals surface area (Å²) in [5.41, 5.74) is 3.96. The molecule has 2 rings (SSSR count). The van der Waals surface area contributed by atoms with E-state index in [-0.39, 0.29) is 0 Å². The van der Waals surface area contributed by atoms with Crippen molar-refractivity contribution in [2.75, 3.05) is 32.0 Å². The molecule has 1 heterocycles. The number of anilines is 1. The second-order valence-electron chi connectivity index (χ2n) is 5.53. The van der Waals surface area contributed by atoms with Gasteiger partial charge in [-0.25, -0.2) is 0 Å². The Labute approximate surface area is 105 Å². The van der Waals surface area contributed by atoms with Crippen LogP contribution in [-0.2, 0) is 0 Å². The number of likely N-dealkylation sites (tertiary alicyclic amines) is 1. The molecule has 1 fully saturated rings. The number of hydrogen-bond acceptors (Lipinski definition) is 2. The van der Waals surface area contributed by atoms with Gasteiger partial charge in [0.2, 0.25) is 0 Å². The van der Waals surface area contributed by atoms with Gasteiger partial charge in [0.05, 0.1) is 0 Å². The van der Waals surface area contributed by atoms with E-state index in [1.807, 2.05) is 0 Å². The number of hydrogen-bond donors (Lipinski definition) is 1. The van der Waals surface area contributed by atoms with Crippen LogP contribution in [0.3, 0.4) is 0 Å². The third kappa shape index (κ3) is 3.74. The molecule has 1 saturated heterocycles. The molecule has 1 aliphatic heterocycles. The maximum Gasteiger partial charge on any atom is 0.0345 e. The summed E-state index contributed by atoms with van der Waals surface area (Å²) in [4.78, 5) is 2.44. The van der Waals surface area contributed by atoms with Crippen molar-refractivity contribution in [1.29, 1.82) is 0 Å². The molecule has 1 atom stereocenters. The van der Waals surface area contributed by atoms with Gasteiger partial charge < -0.3 is 10.2 Å². The second-order valence-corrected chi connectivity index (χ2v) is 5.53. The van der Waals surface area contributed by atoms with Gasteiger partial charge in [0.15, 0.2) is 0 Å². The van der Waals surface area contributed by atoms with Crippen molar-refractivity contribution in [1.82, 2.24) is 4.90 Å². The zero-order valence-electron chi connectivity index (χ0n) is 11.3. The number of rotatable bonds is 3. The van der Waals surface area contributed by atoms with Crippen LogP contribution in [0.4, 0.5) is 5.69 Å². The van der Waals surface area contributed by atoms with Gasteiger partial charge in [-0.05, 0) is 69.5 Å². The third-order valence-electron chi connectivity index (χ3n) is 3.54. The second kappa shape index (κ2) is 5.54. The fourth-order valence-electron chi connectivity index (χ4n) is 2.78. The molecule has 0 bridgehead atoms. The zero-order valence-corrected chi connectivity index (χ0v) is 11.3. The van der Waals surface area contributed by atoms with Crippen LogP contribution in [0.1, 0.15) is 24.0 Å². The normalized spacial score (nSPS) is 21.5. The molecule has 2 nitrogen and oxygen atoms in total. The summed E-state index contributed by atoms with van der Waals surface area (Å²) in [6, 6.07) is 6.69. The summed E-state index contributed by atoms with van der Waals surface area (Å²) in [6.45, 7) is 7.92. The SMILES string of the molecule is Cc1cc(C)cc(NCC2CCCN(C)C2)c1. The largest absolute Gasteiger partial charge is 0.385 e. The van der Waals surface area contributed by atoms with Crippen molar-refractivity contribution < 1.29 is 0 Å². The van der Waals surface area contributed by atoms with E-state index >= 15 is 0 Å². The number of nitrogens with one attached hydrogen (secondary N) is 1. The van der Waals surface area contributed by atoms with Crippen LogP contribution < -0.4 is 5.32 Å². The van der Waals surface area contributed by atoms with E-state index in [1.165, 1.54) is 42.7 Å². The highest BCUT2D eigenvalue weighted by atomic mass is 15.1. The Morgan fingerprint density at radius 3 is 2.59 bits per heavy atom. The van der Waals surface area contributed by atoms with Crippen LogP contribution >= 0.6 is 0 Å². The molecule has 0 spiro atoms. The Bertz CT molecular complexity index is 353. The molecule has 1 N–H and O–H groups in total. The van der Waals surface area contributed by atoms with Gasteiger partial charge in [0.25, 0.3) is 0 Å². The highest BCUT2D eigenvalue weighted by Crippen LogP contribution is 2.18. The lowest BCUT2D eigenvalue weighted by atomic mass is 9.98. The summed E-state index contributed by atoms with van der Waals surface area (Å²) >= 11 is 0. The molecule has 0 saturated carbocycles.